The fourth-order valence-electron chi connectivity index (χ4n) is 1.92. The van der Waals surface area contributed by atoms with Crippen LogP contribution in [-0.2, 0) is 10.0 Å². The summed E-state index contributed by atoms with van der Waals surface area (Å²) in [4.78, 5) is 0. The third kappa shape index (κ3) is 6.45. The maximum absolute atomic E-state index is 11.8. The fourth-order valence-corrected chi connectivity index (χ4v) is 3.80. The molecule has 0 heterocycles. The largest absolute Gasteiger partial charge is 0.329 e. The van der Waals surface area contributed by atoms with Crippen LogP contribution in [0.1, 0.15) is 41.0 Å². The number of sulfonamides is 1. The van der Waals surface area contributed by atoms with Crippen molar-refractivity contribution in [3.05, 3.63) is 0 Å². The van der Waals surface area contributed by atoms with Crippen LogP contribution >= 0.6 is 0 Å². The third-order valence-electron chi connectivity index (χ3n) is 2.26. The summed E-state index contributed by atoms with van der Waals surface area (Å²) in [5.74, 6) is 0.689. The molecule has 0 aliphatic carbocycles. The van der Waals surface area contributed by atoms with Gasteiger partial charge in [-0.25, -0.2) is 13.1 Å². The van der Waals surface area contributed by atoms with E-state index in [0.717, 1.165) is 6.42 Å². The van der Waals surface area contributed by atoms with E-state index in [1.807, 2.05) is 20.8 Å². The summed E-state index contributed by atoms with van der Waals surface area (Å²) in [6, 6.07) is 0. The molecule has 0 aromatic carbocycles. The van der Waals surface area contributed by atoms with Crippen molar-refractivity contribution in [3.63, 3.8) is 0 Å². The second kappa shape index (κ2) is 5.98. The van der Waals surface area contributed by atoms with Crippen molar-refractivity contribution in [2.75, 3.05) is 12.3 Å². The Hall–Kier alpha value is -0.130. The maximum Gasteiger partial charge on any atom is 0.212 e. The predicted molar refractivity (Wildman–Crippen MR) is 68.7 cm³/mol. The molecule has 0 fully saturated rings. The zero-order valence-electron chi connectivity index (χ0n) is 11.1. The van der Waals surface area contributed by atoms with Gasteiger partial charge in [0.05, 0.1) is 5.75 Å². The topological polar surface area (TPSA) is 72.2 Å². The Morgan fingerprint density at radius 1 is 1.19 bits per heavy atom. The van der Waals surface area contributed by atoms with Gasteiger partial charge in [0.2, 0.25) is 10.0 Å². The van der Waals surface area contributed by atoms with Crippen LogP contribution < -0.4 is 10.5 Å². The van der Waals surface area contributed by atoms with Crippen LogP contribution in [0.15, 0.2) is 0 Å². The van der Waals surface area contributed by atoms with Crippen LogP contribution in [0.4, 0.5) is 0 Å². The standard InChI is InChI=1S/C11H26N2O2S/c1-9(2)6-11(5,8-12)13-16(14,15)7-10(3)4/h9-10,13H,6-8,12H2,1-5H3. The highest BCUT2D eigenvalue weighted by Crippen LogP contribution is 2.17. The Labute approximate surface area is 100 Å². The lowest BCUT2D eigenvalue weighted by Gasteiger charge is -2.31. The highest BCUT2D eigenvalue weighted by molar-refractivity contribution is 7.89. The summed E-state index contributed by atoms with van der Waals surface area (Å²) in [6.45, 7) is 10.1. The second-order valence-corrected chi connectivity index (χ2v) is 7.41. The first-order valence-electron chi connectivity index (χ1n) is 5.82. The molecule has 98 valence electrons. The molecule has 4 nitrogen and oxygen atoms in total. The number of nitrogens with two attached hydrogens (primary N) is 1. The molecule has 16 heavy (non-hydrogen) atoms. The van der Waals surface area contributed by atoms with Crippen LogP contribution in [0.25, 0.3) is 0 Å². The third-order valence-corrected chi connectivity index (χ3v) is 4.17. The monoisotopic (exact) mass is 250 g/mol. The maximum atomic E-state index is 11.8. The quantitative estimate of drug-likeness (QED) is 0.716. The van der Waals surface area contributed by atoms with Crippen molar-refractivity contribution >= 4 is 10.0 Å². The molecule has 1 atom stereocenters. The van der Waals surface area contributed by atoms with Gasteiger partial charge in [-0.3, -0.25) is 0 Å². The molecule has 0 aliphatic heterocycles. The molecule has 0 aromatic heterocycles. The zero-order valence-corrected chi connectivity index (χ0v) is 11.9. The molecule has 0 aliphatic rings. The van der Waals surface area contributed by atoms with Gasteiger partial charge in [0.15, 0.2) is 0 Å². The minimum Gasteiger partial charge on any atom is -0.329 e. The van der Waals surface area contributed by atoms with Crippen LogP contribution in [0.2, 0.25) is 0 Å². The molecule has 0 bridgehead atoms. The van der Waals surface area contributed by atoms with E-state index in [0.29, 0.717) is 12.5 Å². The number of hydrogen-bond donors (Lipinski definition) is 2. The highest BCUT2D eigenvalue weighted by atomic mass is 32.2. The van der Waals surface area contributed by atoms with Crippen LogP contribution in [0.3, 0.4) is 0 Å². The van der Waals surface area contributed by atoms with Crippen molar-refractivity contribution in [1.82, 2.24) is 4.72 Å². The lowest BCUT2D eigenvalue weighted by atomic mass is 9.92. The van der Waals surface area contributed by atoms with E-state index < -0.39 is 15.6 Å². The SMILES string of the molecule is CC(C)CC(C)(CN)NS(=O)(=O)CC(C)C. The van der Waals surface area contributed by atoms with Crippen molar-refractivity contribution in [3.8, 4) is 0 Å². The zero-order chi connectivity index (χ0) is 13.0. The Morgan fingerprint density at radius 3 is 2.00 bits per heavy atom. The van der Waals surface area contributed by atoms with Crippen molar-refractivity contribution in [1.29, 1.82) is 0 Å². The first-order chi connectivity index (χ1) is 7.10. The smallest absolute Gasteiger partial charge is 0.212 e. The van der Waals surface area contributed by atoms with Gasteiger partial charge in [0.25, 0.3) is 0 Å². The van der Waals surface area contributed by atoms with E-state index in [9.17, 15) is 8.42 Å². The average molecular weight is 250 g/mol. The lowest BCUT2D eigenvalue weighted by Crippen LogP contribution is -2.52. The minimum atomic E-state index is -3.23. The molecular weight excluding hydrogens is 224 g/mol. The van der Waals surface area contributed by atoms with Gasteiger partial charge in [0.1, 0.15) is 0 Å². The lowest BCUT2D eigenvalue weighted by molar-refractivity contribution is 0.344. The Bertz CT molecular complexity index is 299. The Kier molecular flexibility index (Phi) is 5.93. The number of rotatable bonds is 7. The molecule has 5 heteroatoms. The van der Waals surface area contributed by atoms with Gasteiger partial charge < -0.3 is 5.73 Å². The predicted octanol–water partition coefficient (Wildman–Crippen LogP) is 1.33. The molecule has 1 unspecified atom stereocenters. The van der Waals surface area contributed by atoms with Gasteiger partial charge in [-0.1, -0.05) is 27.7 Å². The van der Waals surface area contributed by atoms with E-state index >= 15 is 0 Å². The summed E-state index contributed by atoms with van der Waals surface area (Å²) in [5, 5.41) is 0. The van der Waals surface area contributed by atoms with E-state index in [-0.39, 0.29) is 11.7 Å². The van der Waals surface area contributed by atoms with Gasteiger partial charge in [-0.15, -0.1) is 0 Å². The molecule has 0 saturated carbocycles. The summed E-state index contributed by atoms with van der Waals surface area (Å²) in [7, 11) is -3.23. The highest BCUT2D eigenvalue weighted by Gasteiger charge is 2.29. The first-order valence-corrected chi connectivity index (χ1v) is 7.47. The second-order valence-electron chi connectivity index (χ2n) is 5.64. The fraction of sp³-hybridized carbons (Fsp3) is 1.00. The first kappa shape index (κ1) is 15.9. The number of nitrogens with one attached hydrogen (secondary N) is 1. The molecule has 0 aromatic rings. The van der Waals surface area contributed by atoms with E-state index in [1.165, 1.54) is 0 Å². The van der Waals surface area contributed by atoms with Gasteiger partial charge in [-0.2, -0.15) is 0 Å². The van der Waals surface area contributed by atoms with E-state index in [2.05, 4.69) is 18.6 Å². The molecule has 0 amide bonds. The Balaban J connectivity index is 4.64. The molecule has 0 saturated heterocycles. The average Bonchev–Trinajstić information content (AvgIpc) is 1.98. The molecule has 0 radical (unpaired) electrons. The molecular formula is C11H26N2O2S. The summed E-state index contributed by atoms with van der Waals surface area (Å²) < 4.78 is 26.4. The van der Waals surface area contributed by atoms with E-state index in [1.54, 1.807) is 0 Å². The van der Waals surface area contributed by atoms with Gasteiger partial charge in [0, 0.05) is 12.1 Å². The van der Waals surface area contributed by atoms with Crippen molar-refractivity contribution in [2.24, 2.45) is 17.6 Å². The Morgan fingerprint density at radius 2 is 1.69 bits per heavy atom. The van der Waals surface area contributed by atoms with Crippen LogP contribution in [0, 0.1) is 11.8 Å². The van der Waals surface area contributed by atoms with Gasteiger partial charge >= 0.3 is 0 Å². The summed E-state index contributed by atoms with van der Waals surface area (Å²) >= 11 is 0. The van der Waals surface area contributed by atoms with Crippen LogP contribution in [0.5, 0.6) is 0 Å². The molecule has 0 rings (SSSR count). The minimum absolute atomic E-state index is 0.124. The van der Waals surface area contributed by atoms with Crippen molar-refractivity contribution in [2.45, 2.75) is 46.6 Å². The van der Waals surface area contributed by atoms with Crippen molar-refractivity contribution < 1.29 is 8.42 Å². The summed E-state index contributed by atoms with van der Waals surface area (Å²) in [5.41, 5.74) is 5.14. The molecule has 0 spiro atoms. The van der Waals surface area contributed by atoms with Crippen LogP contribution in [-0.4, -0.2) is 26.3 Å². The normalized spacial score (nSPS) is 16.8. The molecule has 3 N–H and O–H groups in total. The van der Waals surface area contributed by atoms with Gasteiger partial charge in [-0.05, 0) is 25.2 Å². The number of hydrogen-bond acceptors (Lipinski definition) is 3. The summed E-state index contributed by atoms with van der Waals surface area (Å²) in [6.07, 6.45) is 0.751. The van der Waals surface area contributed by atoms with E-state index in [4.69, 9.17) is 5.73 Å².